The van der Waals surface area contributed by atoms with Crippen LogP contribution in [0.5, 0.6) is 0 Å². The van der Waals surface area contributed by atoms with Crippen molar-refractivity contribution in [2.75, 3.05) is 6.54 Å². The maximum Gasteiger partial charge on any atom is 0.318 e. The summed E-state index contributed by atoms with van der Waals surface area (Å²) in [5, 5.41) is 11.7. The van der Waals surface area contributed by atoms with Crippen molar-refractivity contribution >= 4 is 6.03 Å². The molecule has 1 aromatic rings. The van der Waals surface area contributed by atoms with Crippen molar-refractivity contribution in [3.8, 4) is 0 Å². The van der Waals surface area contributed by atoms with E-state index in [-0.39, 0.29) is 18.1 Å². The molecule has 0 saturated carbocycles. The minimum Gasteiger partial charge on any atom is -0.336 e. The number of urea groups is 1. The largest absolute Gasteiger partial charge is 0.336 e. The zero-order valence-corrected chi connectivity index (χ0v) is 14.7. The minimum absolute atomic E-state index is 0.0102. The lowest BCUT2D eigenvalue weighted by Crippen LogP contribution is -2.48. The molecule has 0 unspecified atom stereocenters. The Morgan fingerprint density at radius 1 is 1.39 bits per heavy atom. The monoisotopic (exact) mass is 319 g/mol. The molecule has 2 amide bonds. The van der Waals surface area contributed by atoms with Crippen molar-refractivity contribution in [1.29, 1.82) is 0 Å². The molecule has 0 radical (unpaired) electrons. The molecule has 2 rings (SSSR count). The van der Waals surface area contributed by atoms with Crippen molar-refractivity contribution < 1.29 is 4.79 Å². The number of nitrogens with one attached hydrogen (secondary N) is 1. The normalized spacial score (nSPS) is 18.7. The van der Waals surface area contributed by atoms with Crippen LogP contribution in [0, 0.1) is 0 Å². The standard InChI is InChI=1S/C17H29N5O/c1-6-7-8-9-13(4)18-17(23)21-10-11-22-15(12(2)3)19-20-16(22)14(21)5/h6,12-14H,1,7-11H2,2-5H3,(H,18,23)/t13-,14-/m1/s1. The van der Waals surface area contributed by atoms with Gasteiger partial charge >= 0.3 is 6.03 Å². The fourth-order valence-corrected chi connectivity index (χ4v) is 3.05. The molecule has 2 atom stereocenters. The summed E-state index contributed by atoms with van der Waals surface area (Å²) < 4.78 is 2.16. The number of nitrogens with zero attached hydrogens (tertiary/aromatic N) is 4. The molecule has 6 nitrogen and oxygen atoms in total. The van der Waals surface area contributed by atoms with Gasteiger partial charge in [0.15, 0.2) is 5.82 Å². The van der Waals surface area contributed by atoms with Crippen LogP contribution < -0.4 is 5.32 Å². The van der Waals surface area contributed by atoms with Crippen LogP contribution in [-0.2, 0) is 6.54 Å². The predicted octanol–water partition coefficient (Wildman–Crippen LogP) is 3.23. The Morgan fingerprint density at radius 2 is 2.13 bits per heavy atom. The molecular formula is C17H29N5O. The molecule has 0 fully saturated rings. The molecule has 1 aromatic heterocycles. The van der Waals surface area contributed by atoms with Crippen LogP contribution in [0.2, 0.25) is 0 Å². The van der Waals surface area contributed by atoms with E-state index < -0.39 is 0 Å². The number of aromatic nitrogens is 3. The highest BCUT2D eigenvalue weighted by molar-refractivity contribution is 5.75. The molecule has 6 heteroatoms. The van der Waals surface area contributed by atoms with Gasteiger partial charge in [0.2, 0.25) is 0 Å². The SMILES string of the molecule is C=CCCC[C@@H](C)NC(=O)N1CCn2c(C(C)C)nnc2[C@H]1C. The topological polar surface area (TPSA) is 63.1 Å². The van der Waals surface area contributed by atoms with E-state index in [9.17, 15) is 4.79 Å². The number of carbonyl (C=O) groups excluding carboxylic acids is 1. The molecule has 0 saturated heterocycles. The van der Waals surface area contributed by atoms with Gasteiger partial charge in [-0.1, -0.05) is 19.9 Å². The highest BCUT2D eigenvalue weighted by Crippen LogP contribution is 2.26. The molecular weight excluding hydrogens is 290 g/mol. The lowest BCUT2D eigenvalue weighted by Gasteiger charge is -2.34. The minimum atomic E-state index is -0.0517. The van der Waals surface area contributed by atoms with E-state index in [2.05, 4.69) is 47.4 Å². The van der Waals surface area contributed by atoms with E-state index in [1.807, 2.05) is 17.9 Å². The second-order valence-electron chi connectivity index (χ2n) is 6.66. The highest BCUT2D eigenvalue weighted by Gasteiger charge is 2.32. The summed E-state index contributed by atoms with van der Waals surface area (Å²) in [6.07, 6.45) is 4.92. The smallest absolute Gasteiger partial charge is 0.318 e. The fourth-order valence-electron chi connectivity index (χ4n) is 3.05. The first-order valence-electron chi connectivity index (χ1n) is 8.56. The van der Waals surface area contributed by atoms with Gasteiger partial charge in [0.1, 0.15) is 5.82 Å². The Hall–Kier alpha value is -1.85. The summed E-state index contributed by atoms with van der Waals surface area (Å²) in [5.41, 5.74) is 0. The third-order valence-electron chi connectivity index (χ3n) is 4.41. The van der Waals surface area contributed by atoms with E-state index in [0.29, 0.717) is 12.5 Å². The molecule has 1 N–H and O–H groups in total. The van der Waals surface area contributed by atoms with Crippen molar-refractivity contribution in [2.45, 2.75) is 71.5 Å². The van der Waals surface area contributed by atoms with Gasteiger partial charge in [-0.15, -0.1) is 16.8 Å². The van der Waals surface area contributed by atoms with Gasteiger partial charge in [0, 0.05) is 25.0 Å². The third-order valence-corrected chi connectivity index (χ3v) is 4.41. The Balaban J connectivity index is 1.99. The molecule has 0 spiro atoms. The van der Waals surface area contributed by atoms with Crippen molar-refractivity contribution in [3.63, 3.8) is 0 Å². The number of allylic oxidation sites excluding steroid dienone is 1. The predicted molar refractivity (Wildman–Crippen MR) is 91.3 cm³/mol. The average Bonchev–Trinajstić information content (AvgIpc) is 2.92. The van der Waals surface area contributed by atoms with Crippen LogP contribution in [0.25, 0.3) is 0 Å². The van der Waals surface area contributed by atoms with Crippen LogP contribution in [0.1, 0.15) is 70.6 Å². The van der Waals surface area contributed by atoms with E-state index in [1.54, 1.807) is 0 Å². The van der Waals surface area contributed by atoms with E-state index in [1.165, 1.54) is 0 Å². The number of carbonyl (C=O) groups is 1. The van der Waals surface area contributed by atoms with Crippen molar-refractivity contribution in [3.05, 3.63) is 24.3 Å². The number of hydrogen-bond acceptors (Lipinski definition) is 3. The fraction of sp³-hybridized carbons (Fsp3) is 0.706. The summed E-state index contributed by atoms with van der Waals surface area (Å²) in [5.74, 6) is 2.23. The lowest BCUT2D eigenvalue weighted by atomic mass is 10.1. The van der Waals surface area contributed by atoms with Crippen LogP contribution in [0.3, 0.4) is 0 Å². The highest BCUT2D eigenvalue weighted by atomic mass is 16.2. The van der Waals surface area contributed by atoms with Crippen LogP contribution in [-0.4, -0.2) is 38.3 Å². The molecule has 0 aliphatic carbocycles. The summed E-state index contributed by atoms with van der Waals surface area (Å²) in [6, 6.07) is 0.105. The van der Waals surface area contributed by atoms with Gasteiger partial charge in [0.05, 0.1) is 6.04 Å². The van der Waals surface area contributed by atoms with E-state index in [4.69, 9.17) is 0 Å². The summed E-state index contributed by atoms with van der Waals surface area (Å²) >= 11 is 0. The van der Waals surface area contributed by atoms with Gasteiger partial charge in [-0.05, 0) is 33.1 Å². The quantitative estimate of drug-likeness (QED) is 0.647. The number of unbranched alkanes of at least 4 members (excludes halogenated alkanes) is 1. The van der Waals surface area contributed by atoms with Gasteiger partial charge in [-0.25, -0.2) is 4.79 Å². The van der Waals surface area contributed by atoms with Gasteiger partial charge in [0.25, 0.3) is 0 Å². The average molecular weight is 319 g/mol. The first-order chi connectivity index (χ1) is 11.0. The molecule has 23 heavy (non-hydrogen) atoms. The zero-order valence-electron chi connectivity index (χ0n) is 14.7. The maximum atomic E-state index is 12.5. The molecule has 0 aromatic carbocycles. The number of amides is 2. The molecule has 1 aliphatic heterocycles. The van der Waals surface area contributed by atoms with Gasteiger partial charge in [-0.3, -0.25) is 0 Å². The van der Waals surface area contributed by atoms with Gasteiger partial charge in [-0.2, -0.15) is 0 Å². The van der Waals surface area contributed by atoms with E-state index >= 15 is 0 Å². The molecule has 0 bridgehead atoms. The molecule has 128 valence electrons. The van der Waals surface area contributed by atoms with Crippen molar-refractivity contribution in [1.82, 2.24) is 25.0 Å². The summed E-state index contributed by atoms with van der Waals surface area (Å²) in [7, 11) is 0. The number of fused-ring (bicyclic) bond motifs is 1. The van der Waals surface area contributed by atoms with Crippen molar-refractivity contribution in [2.24, 2.45) is 0 Å². The Kier molecular flexibility index (Phi) is 5.80. The third kappa shape index (κ3) is 3.92. The molecule has 1 aliphatic rings. The Morgan fingerprint density at radius 3 is 2.78 bits per heavy atom. The lowest BCUT2D eigenvalue weighted by molar-refractivity contribution is 0.156. The summed E-state index contributed by atoms with van der Waals surface area (Å²) in [4.78, 5) is 14.4. The zero-order chi connectivity index (χ0) is 17.0. The molecule has 2 heterocycles. The van der Waals surface area contributed by atoms with Crippen LogP contribution >= 0.6 is 0 Å². The number of hydrogen-bond donors (Lipinski definition) is 1. The first-order valence-corrected chi connectivity index (χ1v) is 8.56. The van der Waals surface area contributed by atoms with Crippen LogP contribution in [0.15, 0.2) is 12.7 Å². The van der Waals surface area contributed by atoms with Gasteiger partial charge < -0.3 is 14.8 Å². The second-order valence-corrected chi connectivity index (χ2v) is 6.66. The maximum absolute atomic E-state index is 12.5. The first kappa shape index (κ1) is 17.5. The second kappa shape index (κ2) is 7.62. The Labute approximate surface area is 139 Å². The number of rotatable bonds is 6. The Bertz CT molecular complexity index is 551. The summed E-state index contributed by atoms with van der Waals surface area (Å²) in [6.45, 7) is 13.5. The van der Waals surface area contributed by atoms with Crippen LogP contribution in [0.4, 0.5) is 4.79 Å². The van der Waals surface area contributed by atoms with E-state index in [0.717, 1.165) is 37.5 Å².